The molecule has 0 saturated carbocycles. The number of rotatable bonds is 8. The third kappa shape index (κ3) is 5.57. The van der Waals surface area contributed by atoms with Gasteiger partial charge >= 0.3 is 0 Å². The van der Waals surface area contributed by atoms with Crippen LogP contribution in [0.25, 0.3) is 0 Å². The van der Waals surface area contributed by atoms with Crippen molar-refractivity contribution >= 4 is 11.8 Å². The van der Waals surface area contributed by atoms with Gasteiger partial charge in [-0.25, -0.2) is 0 Å². The van der Waals surface area contributed by atoms with Gasteiger partial charge in [-0.3, -0.25) is 14.5 Å². The van der Waals surface area contributed by atoms with Crippen molar-refractivity contribution in [3.8, 4) is 5.75 Å². The Morgan fingerprint density at radius 3 is 2.31 bits per heavy atom. The van der Waals surface area contributed by atoms with Gasteiger partial charge in [0.2, 0.25) is 5.91 Å². The Hall–Kier alpha value is -2.86. The van der Waals surface area contributed by atoms with Crippen molar-refractivity contribution in [1.82, 2.24) is 15.5 Å². The highest BCUT2D eigenvalue weighted by molar-refractivity contribution is 5.97. The molecule has 6 heteroatoms. The first-order valence-electron chi connectivity index (χ1n) is 10.1. The number of nitrogens with one attached hydrogen (secondary N) is 2. The average molecular weight is 396 g/mol. The quantitative estimate of drug-likeness (QED) is 0.721. The molecule has 0 radical (unpaired) electrons. The van der Waals surface area contributed by atoms with E-state index in [1.807, 2.05) is 18.2 Å². The first-order valence-corrected chi connectivity index (χ1v) is 10.1. The number of nitrogens with zero attached hydrogens (tertiary/aromatic N) is 1. The Labute approximate surface area is 172 Å². The van der Waals surface area contributed by atoms with Crippen LogP contribution >= 0.6 is 0 Å². The van der Waals surface area contributed by atoms with E-state index < -0.39 is 6.04 Å². The van der Waals surface area contributed by atoms with Gasteiger partial charge in [-0.05, 0) is 62.7 Å². The van der Waals surface area contributed by atoms with Crippen LogP contribution < -0.4 is 15.4 Å². The zero-order valence-electron chi connectivity index (χ0n) is 17.1. The Kier molecular flexibility index (Phi) is 7.25. The van der Waals surface area contributed by atoms with Gasteiger partial charge < -0.3 is 15.4 Å². The highest BCUT2D eigenvalue weighted by atomic mass is 16.5. The van der Waals surface area contributed by atoms with E-state index >= 15 is 0 Å². The van der Waals surface area contributed by atoms with Crippen molar-refractivity contribution in [3.05, 3.63) is 65.7 Å². The van der Waals surface area contributed by atoms with Crippen LogP contribution in [0.1, 0.15) is 41.7 Å². The number of likely N-dealkylation sites (tertiary alicyclic amines) is 1. The van der Waals surface area contributed by atoms with E-state index in [9.17, 15) is 9.59 Å². The van der Waals surface area contributed by atoms with Crippen LogP contribution in [0.15, 0.2) is 54.6 Å². The van der Waals surface area contributed by atoms with Crippen molar-refractivity contribution in [3.63, 3.8) is 0 Å². The van der Waals surface area contributed by atoms with Gasteiger partial charge in [0, 0.05) is 12.1 Å². The molecule has 1 fully saturated rings. The molecule has 3 rings (SSSR count). The number of methoxy groups -OCH3 is 1. The van der Waals surface area contributed by atoms with E-state index in [1.54, 1.807) is 38.3 Å². The molecule has 2 atom stereocenters. The van der Waals surface area contributed by atoms with Crippen LogP contribution in [0, 0.1) is 0 Å². The van der Waals surface area contributed by atoms with E-state index in [0.29, 0.717) is 12.1 Å². The molecule has 2 amide bonds. The minimum Gasteiger partial charge on any atom is -0.497 e. The Bertz CT molecular complexity index is 802. The molecule has 0 bridgehead atoms. The predicted molar refractivity (Wildman–Crippen MR) is 113 cm³/mol. The second kappa shape index (κ2) is 10.1. The zero-order chi connectivity index (χ0) is 20.6. The fourth-order valence-corrected chi connectivity index (χ4v) is 3.62. The molecule has 2 N–H and O–H groups in total. The smallest absolute Gasteiger partial charge is 0.251 e. The number of ether oxygens (including phenoxy) is 1. The third-order valence-electron chi connectivity index (χ3n) is 5.33. The van der Waals surface area contributed by atoms with E-state index in [-0.39, 0.29) is 17.9 Å². The molecule has 6 nitrogen and oxygen atoms in total. The number of hydrogen-bond donors (Lipinski definition) is 2. The van der Waals surface area contributed by atoms with E-state index in [1.165, 1.54) is 12.8 Å². The maximum atomic E-state index is 12.6. The summed E-state index contributed by atoms with van der Waals surface area (Å²) in [6, 6.07) is 16.4. The molecule has 1 aliphatic heterocycles. The molecule has 1 heterocycles. The van der Waals surface area contributed by atoms with E-state index in [2.05, 4.69) is 27.7 Å². The van der Waals surface area contributed by atoms with Crippen LogP contribution in [-0.2, 0) is 4.79 Å². The summed E-state index contributed by atoms with van der Waals surface area (Å²) in [6.45, 7) is 4.24. The van der Waals surface area contributed by atoms with Gasteiger partial charge in [0.25, 0.3) is 5.91 Å². The fraction of sp³-hybridized carbons (Fsp3) is 0.391. The van der Waals surface area contributed by atoms with Crippen molar-refractivity contribution in [2.75, 3.05) is 26.7 Å². The van der Waals surface area contributed by atoms with E-state index in [4.69, 9.17) is 4.74 Å². The molecule has 0 spiro atoms. The topological polar surface area (TPSA) is 70.7 Å². The van der Waals surface area contributed by atoms with Gasteiger partial charge in [0.1, 0.15) is 11.8 Å². The summed E-state index contributed by atoms with van der Waals surface area (Å²) in [6.07, 6.45) is 2.34. The summed E-state index contributed by atoms with van der Waals surface area (Å²) in [5.41, 5.74) is 1.69. The molecule has 29 heavy (non-hydrogen) atoms. The Morgan fingerprint density at radius 2 is 1.69 bits per heavy atom. The lowest BCUT2D eigenvalue weighted by Crippen LogP contribution is -2.47. The third-order valence-corrected chi connectivity index (χ3v) is 5.33. The van der Waals surface area contributed by atoms with Gasteiger partial charge in [0.05, 0.1) is 13.2 Å². The minimum atomic E-state index is -0.613. The van der Waals surface area contributed by atoms with Gasteiger partial charge in [0.15, 0.2) is 0 Å². The number of benzene rings is 2. The second-order valence-corrected chi connectivity index (χ2v) is 7.34. The van der Waals surface area contributed by atoms with Crippen molar-refractivity contribution in [2.24, 2.45) is 0 Å². The van der Waals surface area contributed by atoms with E-state index in [0.717, 1.165) is 24.4 Å². The molecule has 1 saturated heterocycles. The molecule has 0 aliphatic carbocycles. The lowest BCUT2D eigenvalue weighted by molar-refractivity contribution is -0.122. The second-order valence-electron chi connectivity index (χ2n) is 7.34. The summed E-state index contributed by atoms with van der Waals surface area (Å²) < 4.78 is 5.25. The number of amides is 2. The highest BCUT2D eigenvalue weighted by Gasteiger charge is 2.25. The summed E-state index contributed by atoms with van der Waals surface area (Å²) in [7, 11) is 1.65. The largest absolute Gasteiger partial charge is 0.497 e. The summed E-state index contributed by atoms with van der Waals surface area (Å²) >= 11 is 0. The zero-order valence-corrected chi connectivity index (χ0v) is 17.1. The number of hydrogen-bond acceptors (Lipinski definition) is 4. The van der Waals surface area contributed by atoms with Crippen molar-refractivity contribution in [1.29, 1.82) is 0 Å². The summed E-state index contributed by atoms with van der Waals surface area (Å²) in [5.74, 6) is 0.377. The summed E-state index contributed by atoms with van der Waals surface area (Å²) in [5, 5.41) is 5.78. The molecule has 1 aliphatic rings. The fourth-order valence-electron chi connectivity index (χ4n) is 3.62. The molecule has 154 valence electrons. The van der Waals surface area contributed by atoms with Crippen LogP contribution in [0.2, 0.25) is 0 Å². The maximum absolute atomic E-state index is 12.6. The number of carbonyl (C=O) groups excluding carboxylic acids is 2. The molecule has 2 aromatic rings. The summed E-state index contributed by atoms with van der Waals surface area (Å²) in [4.78, 5) is 27.3. The molecular weight excluding hydrogens is 366 g/mol. The molecule has 2 aromatic carbocycles. The standard InChI is InChI=1S/C23H29N3O3/c1-17(25-23(28)19-8-4-3-5-9-19)22(27)24-16-21(26-14-6-7-15-26)18-10-12-20(29-2)13-11-18/h3-5,8-13,17,21H,6-7,14-16H2,1-2H3,(H,24,27)(H,25,28). The normalized spacial score (nSPS) is 16.1. The Balaban J connectivity index is 1.60. The molecule has 2 unspecified atom stereocenters. The van der Waals surface area contributed by atoms with Crippen LogP contribution in [0.5, 0.6) is 5.75 Å². The maximum Gasteiger partial charge on any atom is 0.251 e. The van der Waals surface area contributed by atoms with Crippen LogP contribution in [0.4, 0.5) is 0 Å². The first-order chi connectivity index (χ1) is 14.1. The van der Waals surface area contributed by atoms with Crippen LogP contribution in [-0.4, -0.2) is 49.5 Å². The number of carbonyl (C=O) groups is 2. The van der Waals surface area contributed by atoms with Gasteiger partial charge in [-0.1, -0.05) is 30.3 Å². The first kappa shape index (κ1) is 20.9. The highest BCUT2D eigenvalue weighted by Crippen LogP contribution is 2.26. The lowest BCUT2D eigenvalue weighted by Gasteiger charge is -2.29. The van der Waals surface area contributed by atoms with Gasteiger partial charge in [-0.2, -0.15) is 0 Å². The SMILES string of the molecule is COc1ccc(C(CNC(=O)C(C)NC(=O)c2ccccc2)N2CCCC2)cc1. The molecule has 0 aromatic heterocycles. The van der Waals surface area contributed by atoms with Gasteiger partial charge in [-0.15, -0.1) is 0 Å². The lowest BCUT2D eigenvalue weighted by atomic mass is 10.0. The van der Waals surface area contributed by atoms with Crippen LogP contribution in [0.3, 0.4) is 0 Å². The monoisotopic (exact) mass is 395 g/mol. The predicted octanol–water partition coefficient (Wildman–Crippen LogP) is 2.77. The Morgan fingerprint density at radius 1 is 1.03 bits per heavy atom. The van der Waals surface area contributed by atoms with Crippen molar-refractivity contribution in [2.45, 2.75) is 31.8 Å². The average Bonchev–Trinajstić information content (AvgIpc) is 3.29. The minimum absolute atomic E-state index is 0.101. The van der Waals surface area contributed by atoms with Crippen molar-refractivity contribution < 1.29 is 14.3 Å². The molecular formula is C23H29N3O3.